The van der Waals surface area contributed by atoms with E-state index in [0.29, 0.717) is 74.7 Å². The maximum Gasteiger partial charge on any atom is 0.328 e. The van der Waals surface area contributed by atoms with Crippen molar-refractivity contribution in [3.8, 4) is 17.0 Å². The quantitative estimate of drug-likeness (QED) is 0.151. The molecule has 0 aliphatic carbocycles. The highest BCUT2D eigenvalue weighted by Gasteiger charge is 2.39. The Labute approximate surface area is 360 Å². The first-order valence-electron chi connectivity index (χ1n) is 21.7. The zero-order valence-electron chi connectivity index (χ0n) is 35.3. The maximum atomic E-state index is 16.4. The number of fused-ring (bicyclic) bond motifs is 1. The predicted octanol–water partition coefficient (Wildman–Crippen LogP) is 6.43. The highest BCUT2D eigenvalue weighted by Crippen LogP contribution is 2.38. The van der Waals surface area contributed by atoms with Crippen LogP contribution in [-0.2, 0) is 9.53 Å². The second-order valence-electron chi connectivity index (χ2n) is 17.4. The number of carbonyl (C=O) groups excluding carboxylic acids is 3. The molecular weight excluding hydrogens is 790 g/mol. The van der Waals surface area contributed by atoms with Crippen molar-refractivity contribution in [2.75, 3.05) is 75.0 Å². The molecule has 14 nitrogen and oxygen atoms in total. The highest BCUT2D eigenvalue weighted by molar-refractivity contribution is 6.06. The molecule has 0 unspecified atom stereocenters. The molecule has 2 atom stereocenters. The highest BCUT2D eigenvalue weighted by atomic mass is 19.1. The molecule has 62 heavy (non-hydrogen) atoms. The Kier molecular flexibility index (Phi) is 11.3. The number of carbonyl (C=O) groups is 3. The molecule has 9 rings (SSSR count). The Morgan fingerprint density at radius 2 is 1.71 bits per heavy atom. The van der Waals surface area contributed by atoms with Crippen molar-refractivity contribution < 1.29 is 28.6 Å². The van der Waals surface area contributed by atoms with Crippen molar-refractivity contribution in [1.29, 1.82) is 0 Å². The molecule has 0 bridgehead atoms. The van der Waals surface area contributed by atoms with Gasteiger partial charge in [0.1, 0.15) is 11.4 Å². The zero-order valence-corrected chi connectivity index (χ0v) is 35.3. The fourth-order valence-corrected chi connectivity index (χ4v) is 9.99. The van der Waals surface area contributed by atoms with Crippen LogP contribution in [-0.4, -0.2) is 119 Å². The first-order valence-corrected chi connectivity index (χ1v) is 21.7. The number of hydrogen-bond acceptors (Lipinski definition) is 10. The molecule has 0 spiro atoms. The topological polar surface area (TPSA) is 162 Å². The second kappa shape index (κ2) is 17.0. The summed E-state index contributed by atoms with van der Waals surface area (Å²) in [5.41, 5.74) is 11.5. The van der Waals surface area contributed by atoms with Crippen LogP contribution < -0.4 is 20.9 Å². The van der Waals surface area contributed by atoms with Crippen molar-refractivity contribution in [3.63, 3.8) is 0 Å². The number of phenolic OH excluding ortho intramolecular Hbond substituents is 1. The average molecular weight is 844 g/mol. The van der Waals surface area contributed by atoms with Crippen LogP contribution in [0.2, 0.25) is 0 Å². The molecule has 4 fully saturated rings. The number of hydrogen-bond donors (Lipinski definition) is 3. The van der Waals surface area contributed by atoms with Crippen molar-refractivity contribution in [2.24, 2.45) is 0 Å². The number of para-hydroxylation sites is 1. The Morgan fingerprint density at radius 3 is 2.44 bits per heavy atom. The summed E-state index contributed by atoms with van der Waals surface area (Å²) >= 11 is 0. The summed E-state index contributed by atoms with van der Waals surface area (Å²) in [5.74, 6) is 0.0871. The van der Waals surface area contributed by atoms with Gasteiger partial charge in [-0.1, -0.05) is 24.3 Å². The molecule has 4 N–H and O–H groups in total. The van der Waals surface area contributed by atoms with E-state index in [0.717, 1.165) is 65.8 Å². The van der Waals surface area contributed by atoms with Crippen LogP contribution >= 0.6 is 0 Å². The third-order valence-corrected chi connectivity index (χ3v) is 13.5. The number of aromatic hydroxyl groups is 1. The number of benzene rings is 3. The van der Waals surface area contributed by atoms with E-state index in [1.165, 1.54) is 0 Å². The molecule has 5 aromatic rings. The monoisotopic (exact) mass is 843 g/mol. The summed E-state index contributed by atoms with van der Waals surface area (Å²) in [6.45, 7) is 6.43. The largest absolute Gasteiger partial charge is 0.507 e. The number of aryl methyl sites for hydroxylation is 1. The van der Waals surface area contributed by atoms with Crippen LogP contribution in [0.4, 0.5) is 26.4 Å². The van der Waals surface area contributed by atoms with E-state index >= 15 is 4.39 Å². The number of aromatic nitrogens is 3. The van der Waals surface area contributed by atoms with Crippen molar-refractivity contribution in [3.05, 3.63) is 95.7 Å². The van der Waals surface area contributed by atoms with Gasteiger partial charge in [-0.2, -0.15) is 0 Å². The van der Waals surface area contributed by atoms with Gasteiger partial charge in [0.2, 0.25) is 5.91 Å². The number of piperidine rings is 3. The van der Waals surface area contributed by atoms with E-state index in [4.69, 9.17) is 10.5 Å². The second-order valence-corrected chi connectivity index (χ2v) is 17.4. The normalized spacial score (nSPS) is 21.4. The summed E-state index contributed by atoms with van der Waals surface area (Å²) in [6.07, 6.45) is 5.58. The van der Waals surface area contributed by atoms with E-state index in [-0.39, 0.29) is 42.0 Å². The van der Waals surface area contributed by atoms with Crippen molar-refractivity contribution >= 4 is 45.9 Å². The lowest BCUT2D eigenvalue weighted by Gasteiger charge is -2.41. The number of nitrogens with two attached hydrogens (primary N) is 1. The lowest BCUT2D eigenvalue weighted by Crippen LogP contribution is -2.51. The third kappa shape index (κ3) is 8.18. The number of nitrogens with zero attached hydrogens (tertiary/aromatic N) is 7. The summed E-state index contributed by atoms with van der Waals surface area (Å²) in [5, 5.41) is 22.4. The molecule has 15 heteroatoms. The molecule has 4 saturated heterocycles. The standard InChI is InChI=1S/C47H54FN9O5/c1-30-27-57(39-12-11-34(25-36(30)39)56-22-16-43(59)50-46(56)61)33-13-19-53(20-14-33)29-47(48)17-23-54(24-18-47)45(60)32-9-7-31(8-10-32)37-28-55(21-15-42(37)62-2)40-26-38(51-52-44(40)49)35-5-3-4-6-41(35)58/h3-12,25-27,33,37,42,58H,13-24,28-29H2,1-2H3,(H2,49,52)(H,50,59,61)/t37-,42+/m0/s1. The molecule has 3 aromatic carbocycles. The molecule has 0 saturated carbocycles. The fraction of sp³-hybridized carbons (Fsp3) is 0.426. The number of halogens is 1. The van der Waals surface area contributed by atoms with Crippen LogP contribution in [0.5, 0.6) is 5.75 Å². The average Bonchev–Trinajstić information content (AvgIpc) is 3.62. The minimum atomic E-state index is -1.36. The SMILES string of the molecule is CO[C@@H]1CCN(c2cc(-c3ccccc3O)nnc2N)C[C@H]1c1ccc(C(=O)N2CCC(F)(CN3CCC(n4cc(C)c5cc(N6CCC(=O)NC6=O)ccc54)CC3)CC2)cc1. The Morgan fingerprint density at radius 1 is 0.952 bits per heavy atom. The number of ether oxygens (including phenoxy) is 1. The van der Waals surface area contributed by atoms with Crippen LogP contribution in [0.1, 0.15) is 72.0 Å². The van der Waals surface area contributed by atoms with Gasteiger partial charge in [0.05, 0.1) is 17.5 Å². The first-order chi connectivity index (χ1) is 30.0. The maximum absolute atomic E-state index is 16.4. The molecule has 4 amide bonds. The molecule has 324 valence electrons. The minimum Gasteiger partial charge on any atom is -0.507 e. The molecule has 4 aliphatic rings. The number of rotatable bonds is 9. The molecule has 4 aliphatic heterocycles. The van der Waals surface area contributed by atoms with Crippen LogP contribution in [0, 0.1) is 6.92 Å². The minimum absolute atomic E-state index is 0.00330. The van der Waals surface area contributed by atoms with Crippen molar-refractivity contribution in [2.45, 2.75) is 69.2 Å². The fourth-order valence-electron chi connectivity index (χ4n) is 9.99. The van der Waals surface area contributed by atoms with E-state index < -0.39 is 11.7 Å². The number of likely N-dealkylation sites (tertiary alicyclic amines) is 2. The number of nitrogen functional groups attached to an aromatic ring is 1. The van der Waals surface area contributed by atoms with Gasteiger partial charge in [-0.25, -0.2) is 9.18 Å². The zero-order chi connectivity index (χ0) is 43.1. The first kappa shape index (κ1) is 41.3. The van der Waals surface area contributed by atoms with Gasteiger partial charge in [0.15, 0.2) is 5.82 Å². The van der Waals surface area contributed by atoms with Gasteiger partial charge < -0.3 is 34.8 Å². The van der Waals surface area contributed by atoms with E-state index in [2.05, 4.69) is 49.1 Å². The number of urea groups is 1. The molecule has 2 aromatic heterocycles. The van der Waals surface area contributed by atoms with Crippen molar-refractivity contribution in [1.82, 2.24) is 29.9 Å². The predicted molar refractivity (Wildman–Crippen MR) is 236 cm³/mol. The van der Waals surface area contributed by atoms with E-state index in [1.54, 1.807) is 35.1 Å². The van der Waals surface area contributed by atoms with Crippen LogP contribution in [0.25, 0.3) is 22.2 Å². The summed E-state index contributed by atoms with van der Waals surface area (Å²) in [7, 11) is 1.72. The number of alkyl halides is 1. The van der Waals surface area contributed by atoms with Gasteiger partial charge in [0.25, 0.3) is 5.91 Å². The summed E-state index contributed by atoms with van der Waals surface area (Å²) in [6, 6.07) is 22.5. The van der Waals surface area contributed by atoms with Gasteiger partial charge in [-0.15, -0.1) is 10.2 Å². The van der Waals surface area contributed by atoms with Crippen LogP contribution in [0.15, 0.2) is 79.0 Å². The number of nitrogens with one attached hydrogen (secondary N) is 1. The number of anilines is 3. The molecule has 0 radical (unpaired) electrons. The molecule has 6 heterocycles. The molecular formula is C47H54FN9O5. The van der Waals surface area contributed by atoms with Crippen LogP contribution in [0.3, 0.4) is 0 Å². The third-order valence-electron chi connectivity index (χ3n) is 13.5. The Bertz CT molecular complexity index is 2480. The number of methoxy groups -OCH3 is 1. The van der Waals surface area contributed by atoms with E-state index in [9.17, 15) is 19.5 Å². The summed E-state index contributed by atoms with van der Waals surface area (Å²) < 4.78 is 24.7. The lowest BCUT2D eigenvalue weighted by molar-refractivity contribution is -0.120. The van der Waals surface area contributed by atoms with E-state index in [1.807, 2.05) is 48.5 Å². The Balaban J connectivity index is 0.785. The number of phenols is 1. The summed E-state index contributed by atoms with van der Waals surface area (Å²) in [4.78, 5) is 45.7. The number of amides is 4. The van der Waals surface area contributed by atoms with Gasteiger partial charge in [-0.3, -0.25) is 19.8 Å². The number of imide groups is 1. The van der Waals surface area contributed by atoms with Gasteiger partial charge >= 0.3 is 6.03 Å². The van der Waals surface area contributed by atoms with Gasteiger partial charge in [-0.05, 0) is 85.8 Å². The lowest BCUT2D eigenvalue weighted by atomic mass is 9.87. The smallest absolute Gasteiger partial charge is 0.328 e. The Hall–Kier alpha value is -6.06. The van der Waals surface area contributed by atoms with Gasteiger partial charge in [0, 0.05) is 125 Å².